The maximum absolute atomic E-state index is 12.0. The number of carbonyl (C=O) groups excluding carboxylic acids is 2. The van der Waals surface area contributed by atoms with Crippen LogP contribution in [-0.4, -0.2) is 22.0 Å². The summed E-state index contributed by atoms with van der Waals surface area (Å²) in [7, 11) is 0. The van der Waals surface area contributed by atoms with Crippen molar-refractivity contribution in [2.75, 3.05) is 4.90 Å². The molecule has 2 amide bonds. The first-order chi connectivity index (χ1) is 7.45. The number of anilines is 1. The topological polar surface area (TPSA) is 66.1 Å². The molecule has 1 saturated heterocycles. The number of aromatic nitrogens is 2. The highest BCUT2D eigenvalue weighted by atomic mass is 16.2. The molecule has 5 heteroatoms. The maximum Gasteiger partial charge on any atom is 0.237 e. The molecule has 1 aromatic rings. The summed E-state index contributed by atoms with van der Waals surface area (Å²) in [6.45, 7) is 7.17. The van der Waals surface area contributed by atoms with Gasteiger partial charge in [0.15, 0.2) is 0 Å². The standard InChI is InChI=1S/C11H15N3O2/c1-5-6(2)11(16)14(10(5)15)9-7(3)12-13-8(9)4/h5-6H,1-4H3,(H,12,13). The summed E-state index contributed by atoms with van der Waals surface area (Å²) in [5, 5.41) is 6.80. The van der Waals surface area contributed by atoms with E-state index < -0.39 is 0 Å². The summed E-state index contributed by atoms with van der Waals surface area (Å²) in [6.07, 6.45) is 0. The summed E-state index contributed by atoms with van der Waals surface area (Å²) in [4.78, 5) is 25.3. The number of imide groups is 1. The Morgan fingerprint density at radius 1 is 1.12 bits per heavy atom. The molecule has 1 fully saturated rings. The van der Waals surface area contributed by atoms with Crippen LogP contribution in [0.2, 0.25) is 0 Å². The Bertz CT molecular complexity index is 424. The molecule has 0 aromatic carbocycles. The fourth-order valence-corrected chi connectivity index (χ4v) is 2.04. The van der Waals surface area contributed by atoms with Crippen molar-refractivity contribution in [1.82, 2.24) is 10.2 Å². The van der Waals surface area contributed by atoms with Gasteiger partial charge in [-0.1, -0.05) is 13.8 Å². The highest BCUT2D eigenvalue weighted by molar-refractivity contribution is 6.22. The van der Waals surface area contributed by atoms with Gasteiger partial charge >= 0.3 is 0 Å². The summed E-state index contributed by atoms with van der Waals surface area (Å²) < 4.78 is 0. The van der Waals surface area contributed by atoms with Gasteiger partial charge < -0.3 is 0 Å². The predicted octanol–water partition coefficient (Wildman–Crippen LogP) is 1.17. The number of carbonyl (C=O) groups is 2. The van der Waals surface area contributed by atoms with Crippen LogP contribution in [0.15, 0.2) is 0 Å². The molecule has 0 saturated carbocycles. The Morgan fingerprint density at radius 2 is 1.62 bits per heavy atom. The number of nitrogens with zero attached hydrogens (tertiary/aromatic N) is 2. The fraction of sp³-hybridized carbons (Fsp3) is 0.545. The van der Waals surface area contributed by atoms with E-state index in [1.54, 1.807) is 20.8 Å². The van der Waals surface area contributed by atoms with E-state index in [9.17, 15) is 9.59 Å². The lowest BCUT2D eigenvalue weighted by Crippen LogP contribution is -2.31. The molecule has 1 N–H and O–H groups in total. The molecule has 0 radical (unpaired) electrons. The van der Waals surface area contributed by atoms with Gasteiger partial charge in [0, 0.05) is 11.8 Å². The van der Waals surface area contributed by atoms with Crippen molar-refractivity contribution in [3.05, 3.63) is 11.4 Å². The number of H-pyrrole nitrogens is 1. The van der Waals surface area contributed by atoms with Crippen LogP contribution < -0.4 is 4.90 Å². The Labute approximate surface area is 93.8 Å². The van der Waals surface area contributed by atoms with Crippen LogP contribution in [0, 0.1) is 25.7 Å². The number of aryl methyl sites for hydroxylation is 2. The van der Waals surface area contributed by atoms with Gasteiger partial charge in [-0.2, -0.15) is 5.10 Å². The van der Waals surface area contributed by atoms with Crippen molar-refractivity contribution in [3.63, 3.8) is 0 Å². The lowest BCUT2D eigenvalue weighted by atomic mass is 10.00. The van der Waals surface area contributed by atoms with Crippen LogP contribution >= 0.6 is 0 Å². The van der Waals surface area contributed by atoms with E-state index in [4.69, 9.17) is 0 Å². The van der Waals surface area contributed by atoms with E-state index >= 15 is 0 Å². The molecule has 86 valence electrons. The molecule has 1 aliphatic heterocycles. The first kappa shape index (κ1) is 10.9. The SMILES string of the molecule is Cc1n[nH]c(C)c1N1C(=O)C(C)C(C)C1=O. The third-order valence-electron chi connectivity index (χ3n) is 3.28. The van der Waals surface area contributed by atoms with Crippen LogP contribution in [0.5, 0.6) is 0 Å². The van der Waals surface area contributed by atoms with Gasteiger partial charge in [-0.05, 0) is 13.8 Å². The number of nitrogens with one attached hydrogen (secondary N) is 1. The summed E-state index contributed by atoms with van der Waals surface area (Å²) in [6, 6.07) is 0. The normalized spacial score (nSPS) is 25.6. The van der Waals surface area contributed by atoms with Gasteiger partial charge in [-0.25, -0.2) is 4.90 Å². The van der Waals surface area contributed by atoms with Crippen LogP contribution in [0.25, 0.3) is 0 Å². The molecule has 0 bridgehead atoms. The Hall–Kier alpha value is -1.65. The molecule has 0 aliphatic carbocycles. The van der Waals surface area contributed by atoms with Crippen LogP contribution in [0.3, 0.4) is 0 Å². The minimum Gasteiger partial charge on any atom is -0.280 e. The molecular formula is C11H15N3O2. The van der Waals surface area contributed by atoms with E-state index in [-0.39, 0.29) is 23.7 Å². The van der Waals surface area contributed by atoms with Crippen LogP contribution in [0.4, 0.5) is 5.69 Å². The third-order valence-corrected chi connectivity index (χ3v) is 3.28. The van der Waals surface area contributed by atoms with Crippen molar-refractivity contribution in [1.29, 1.82) is 0 Å². The Kier molecular flexibility index (Phi) is 2.33. The van der Waals surface area contributed by atoms with Crippen molar-refractivity contribution in [2.45, 2.75) is 27.7 Å². The molecule has 2 heterocycles. The largest absolute Gasteiger partial charge is 0.280 e. The fourth-order valence-electron chi connectivity index (χ4n) is 2.04. The highest BCUT2D eigenvalue weighted by Gasteiger charge is 2.44. The zero-order valence-electron chi connectivity index (χ0n) is 9.87. The number of aromatic amines is 1. The zero-order valence-corrected chi connectivity index (χ0v) is 9.87. The van der Waals surface area contributed by atoms with Gasteiger partial charge in [0.1, 0.15) is 0 Å². The molecule has 1 aromatic heterocycles. The van der Waals surface area contributed by atoms with Crippen molar-refractivity contribution in [2.24, 2.45) is 11.8 Å². The smallest absolute Gasteiger partial charge is 0.237 e. The van der Waals surface area contributed by atoms with Crippen molar-refractivity contribution >= 4 is 17.5 Å². The molecular weight excluding hydrogens is 206 g/mol. The number of rotatable bonds is 1. The molecule has 0 spiro atoms. The predicted molar refractivity (Wildman–Crippen MR) is 58.9 cm³/mol. The molecule has 2 atom stereocenters. The molecule has 16 heavy (non-hydrogen) atoms. The average molecular weight is 221 g/mol. The second kappa shape index (κ2) is 3.43. The van der Waals surface area contributed by atoms with E-state index in [0.717, 1.165) is 5.69 Å². The van der Waals surface area contributed by atoms with E-state index in [1.165, 1.54) is 4.90 Å². The first-order valence-electron chi connectivity index (χ1n) is 5.34. The molecule has 1 aliphatic rings. The van der Waals surface area contributed by atoms with Gasteiger partial charge in [-0.15, -0.1) is 0 Å². The third kappa shape index (κ3) is 1.27. The summed E-state index contributed by atoms with van der Waals surface area (Å²) in [5.74, 6) is -0.766. The maximum atomic E-state index is 12.0. The van der Waals surface area contributed by atoms with Gasteiger partial charge in [0.2, 0.25) is 11.8 Å². The van der Waals surface area contributed by atoms with Crippen LogP contribution in [0.1, 0.15) is 25.2 Å². The highest BCUT2D eigenvalue weighted by Crippen LogP contribution is 2.33. The quantitative estimate of drug-likeness (QED) is 0.724. The van der Waals surface area contributed by atoms with E-state index in [1.807, 2.05) is 6.92 Å². The minimum atomic E-state index is -0.249. The molecule has 5 nitrogen and oxygen atoms in total. The Morgan fingerprint density at radius 3 is 2.00 bits per heavy atom. The summed E-state index contributed by atoms with van der Waals surface area (Å²) in [5.41, 5.74) is 2.05. The average Bonchev–Trinajstić information content (AvgIpc) is 2.65. The monoisotopic (exact) mass is 221 g/mol. The minimum absolute atomic E-state index is 0.134. The number of hydrogen-bond acceptors (Lipinski definition) is 3. The van der Waals surface area contributed by atoms with Gasteiger partial charge in [0.05, 0.1) is 17.1 Å². The molecule has 2 rings (SSSR count). The Balaban J connectivity index is 2.50. The van der Waals surface area contributed by atoms with Gasteiger partial charge in [-0.3, -0.25) is 14.7 Å². The molecule has 2 unspecified atom stereocenters. The van der Waals surface area contributed by atoms with E-state index in [0.29, 0.717) is 11.4 Å². The number of amides is 2. The second-order valence-electron chi connectivity index (χ2n) is 4.37. The van der Waals surface area contributed by atoms with Crippen molar-refractivity contribution < 1.29 is 9.59 Å². The van der Waals surface area contributed by atoms with E-state index in [2.05, 4.69) is 10.2 Å². The van der Waals surface area contributed by atoms with Gasteiger partial charge in [0.25, 0.3) is 0 Å². The summed E-state index contributed by atoms with van der Waals surface area (Å²) >= 11 is 0. The lowest BCUT2D eigenvalue weighted by molar-refractivity contribution is -0.122. The second-order valence-corrected chi connectivity index (χ2v) is 4.37. The first-order valence-corrected chi connectivity index (χ1v) is 5.34. The zero-order chi connectivity index (χ0) is 12.0. The van der Waals surface area contributed by atoms with Crippen molar-refractivity contribution in [3.8, 4) is 0 Å². The van der Waals surface area contributed by atoms with Crippen LogP contribution in [-0.2, 0) is 9.59 Å². The lowest BCUT2D eigenvalue weighted by Gasteiger charge is -2.14. The number of hydrogen-bond donors (Lipinski definition) is 1.